The van der Waals surface area contributed by atoms with Gasteiger partial charge >= 0.3 is 0 Å². The minimum atomic E-state index is 0.0519. The number of rotatable bonds is 6. The van der Waals surface area contributed by atoms with Crippen molar-refractivity contribution in [1.29, 1.82) is 0 Å². The largest absolute Gasteiger partial charge is 0.310 e. The van der Waals surface area contributed by atoms with Gasteiger partial charge in [0.1, 0.15) is 0 Å². The Morgan fingerprint density at radius 2 is 0.623 bits per heavy atom. The minimum absolute atomic E-state index is 0.0519. The first-order valence-electron chi connectivity index (χ1n) is 25.3. The van der Waals surface area contributed by atoms with E-state index in [1.54, 1.807) is 0 Å². The van der Waals surface area contributed by atoms with Crippen LogP contribution in [-0.4, -0.2) is 0 Å². The maximum absolute atomic E-state index is 2.58. The first kappa shape index (κ1) is 44.8. The summed E-state index contributed by atoms with van der Waals surface area (Å²) in [7, 11) is 0. The Bertz CT molecular complexity index is 3170. The first-order chi connectivity index (χ1) is 32.7. The van der Waals surface area contributed by atoms with Gasteiger partial charge in [-0.25, -0.2) is 0 Å². The molecule has 0 bridgehead atoms. The van der Waals surface area contributed by atoms with Crippen molar-refractivity contribution < 1.29 is 0 Å². The molecule has 2 nitrogen and oxygen atoms in total. The van der Waals surface area contributed by atoms with E-state index in [0.29, 0.717) is 0 Å². The summed E-state index contributed by atoms with van der Waals surface area (Å²) >= 11 is 0. The van der Waals surface area contributed by atoms with Crippen LogP contribution in [0.2, 0.25) is 0 Å². The lowest BCUT2D eigenvalue weighted by molar-refractivity contribution is 0.590. The van der Waals surface area contributed by atoms with E-state index >= 15 is 0 Å². The van der Waals surface area contributed by atoms with Crippen molar-refractivity contribution in [2.24, 2.45) is 0 Å². The fourth-order valence-corrected chi connectivity index (χ4v) is 11.5. The Labute approximate surface area is 412 Å². The van der Waals surface area contributed by atoms with E-state index in [1.807, 2.05) is 0 Å². The van der Waals surface area contributed by atoms with E-state index in [2.05, 4.69) is 251 Å². The number of anilines is 6. The predicted octanol–water partition coefficient (Wildman–Crippen LogP) is 18.5. The highest BCUT2D eigenvalue weighted by molar-refractivity contribution is 6.06. The van der Waals surface area contributed by atoms with Crippen molar-refractivity contribution in [1.82, 2.24) is 0 Å². The minimum Gasteiger partial charge on any atom is -0.310 e. The van der Waals surface area contributed by atoms with Crippen LogP contribution in [0, 0.1) is 0 Å². The molecule has 346 valence electrons. The van der Waals surface area contributed by atoms with Crippen molar-refractivity contribution >= 4 is 34.1 Å². The molecule has 0 amide bonds. The predicted molar refractivity (Wildman–Crippen MR) is 295 cm³/mol. The van der Waals surface area contributed by atoms with Gasteiger partial charge < -0.3 is 9.80 Å². The van der Waals surface area contributed by atoms with Gasteiger partial charge in [-0.2, -0.15) is 0 Å². The number of benzene rings is 8. The van der Waals surface area contributed by atoms with Gasteiger partial charge in [-0.1, -0.05) is 180 Å². The molecule has 0 radical (unpaired) electrons. The van der Waals surface area contributed by atoms with Crippen molar-refractivity contribution in [2.75, 3.05) is 9.80 Å². The number of hydrogen-bond donors (Lipinski definition) is 0. The molecule has 3 aliphatic carbocycles. The maximum atomic E-state index is 2.58. The monoisotopic (exact) mass is 901 g/mol. The Balaban J connectivity index is 1.16. The Morgan fingerprint density at radius 1 is 0.290 bits per heavy atom. The molecule has 0 aliphatic heterocycles. The zero-order chi connectivity index (χ0) is 48.4. The second-order valence-corrected chi connectivity index (χ2v) is 24.3. The second kappa shape index (κ2) is 16.0. The molecule has 8 aromatic carbocycles. The van der Waals surface area contributed by atoms with Crippen molar-refractivity contribution in [3.8, 4) is 33.4 Å². The fraction of sp³-hybridized carbons (Fsp3) is 0.284. The zero-order valence-corrected chi connectivity index (χ0v) is 43.0. The highest BCUT2D eigenvalue weighted by atomic mass is 15.2. The topological polar surface area (TPSA) is 6.48 Å². The van der Waals surface area contributed by atoms with Crippen LogP contribution < -0.4 is 9.80 Å². The number of fused-ring (bicyclic) bond motifs is 11. The van der Waals surface area contributed by atoms with E-state index < -0.39 is 0 Å². The molecule has 3 aliphatic rings. The van der Waals surface area contributed by atoms with Gasteiger partial charge in [-0.15, -0.1) is 0 Å². The van der Waals surface area contributed by atoms with Crippen LogP contribution in [0.15, 0.2) is 158 Å². The van der Waals surface area contributed by atoms with Crippen LogP contribution >= 0.6 is 0 Å². The van der Waals surface area contributed by atoms with Gasteiger partial charge in [0, 0.05) is 34.7 Å². The highest BCUT2D eigenvalue weighted by Crippen LogP contribution is 2.59. The lowest BCUT2D eigenvalue weighted by atomic mass is 9.86. The van der Waals surface area contributed by atoms with Gasteiger partial charge in [-0.3, -0.25) is 0 Å². The summed E-state index contributed by atoms with van der Waals surface area (Å²) in [5.41, 5.74) is 29.7. The molecule has 11 rings (SSSR count). The van der Waals surface area contributed by atoms with E-state index in [-0.39, 0.29) is 21.7 Å². The molecule has 0 heterocycles. The molecule has 0 unspecified atom stereocenters. The highest BCUT2D eigenvalue weighted by Gasteiger charge is 2.38. The quantitative estimate of drug-likeness (QED) is 0.164. The van der Waals surface area contributed by atoms with Gasteiger partial charge in [0.15, 0.2) is 0 Å². The van der Waals surface area contributed by atoms with Crippen molar-refractivity contribution in [2.45, 2.75) is 124 Å². The van der Waals surface area contributed by atoms with Gasteiger partial charge in [0.05, 0.1) is 11.4 Å². The Hall–Kier alpha value is -6.64. The maximum Gasteiger partial charge on any atom is 0.0546 e. The number of nitrogens with zero attached hydrogens (tertiary/aromatic N) is 2. The SMILES string of the molecule is CC(C)(C)c1ccc(N(c2ccc(C(C)(C)C)cc2)c2cc3c(c4c2Cc2ccccc2-4)-c2c(cc(N(c4ccc(C(C)(C)C)cc4)c4ccc(C(C)(C)C)cc4)c4c2Cc2ccccc2-4)C3)cc1. The lowest BCUT2D eigenvalue weighted by Crippen LogP contribution is -2.16. The van der Waals surface area contributed by atoms with Crippen LogP contribution in [-0.2, 0) is 40.9 Å². The molecule has 0 N–H and O–H groups in total. The lowest BCUT2D eigenvalue weighted by Gasteiger charge is -2.31. The van der Waals surface area contributed by atoms with Crippen molar-refractivity contribution in [3.63, 3.8) is 0 Å². The van der Waals surface area contributed by atoms with Crippen LogP contribution in [0.3, 0.4) is 0 Å². The summed E-state index contributed by atoms with van der Waals surface area (Å²) < 4.78 is 0. The smallest absolute Gasteiger partial charge is 0.0546 e. The third-order valence-electron chi connectivity index (χ3n) is 15.4. The standard InChI is InChI=1S/C67H68N2/c1-64(2,3)46-21-29-50(30-22-46)68(51-31-23-47(24-32-51)65(4,5)6)58-40-45-37-44-41-59(69(52-33-25-48(26-34-52)66(7,8)9)53-35-27-49(28-36-53)67(10,11)12)62-54-19-15-13-18-43(54)39-57(62)60(44)61(45)63-55-20-16-14-17-42(55)38-56(58)63/h13-36,40-41H,37-39H2,1-12H3. The summed E-state index contributed by atoms with van der Waals surface area (Å²) in [4.78, 5) is 5.11. The van der Waals surface area contributed by atoms with Crippen LogP contribution in [0.25, 0.3) is 33.4 Å². The molecule has 69 heavy (non-hydrogen) atoms. The molecule has 0 saturated heterocycles. The normalized spacial score (nSPS) is 13.6. The average molecular weight is 901 g/mol. The summed E-state index contributed by atoms with van der Waals surface area (Å²) in [6, 6.07) is 61.1. The summed E-state index contributed by atoms with van der Waals surface area (Å²) in [5.74, 6) is 0. The Morgan fingerprint density at radius 3 is 1.03 bits per heavy atom. The summed E-state index contributed by atoms with van der Waals surface area (Å²) in [6.07, 6.45) is 2.66. The van der Waals surface area contributed by atoms with Gasteiger partial charge in [-0.05, 0) is 179 Å². The van der Waals surface area contributed by atoms with Crippen LogP contribution in [0.4, 0.5) is 34.1 Å². The first-order valence-corrected chi connectivity index (χ1v) is 25.3. The molecule has 0 spiro atoms. The zero-order valence-electron chi connectivity index (χ0n) is 43.0. The summed E-state index contributed by atoms with van der Waals surface area (Å²) in [5, 5.41) is 0. The Kier molecular flexibility index (Phi) is 10.4. The average Bonchev–Trinajstić information content (AvgIpc) is 4.00. The van der Waals surface area contributed by atoms with E-state index in [9.17, 15) is 0 Å². The van der Waals surface area contributed by atoms with Gasteiger partial charge in [0.25, 0.3) is 0 Å². The van der Waals surface area contributed by atoms with E-state index in [4.69, 9.17) is 0 Å². The van der Waals surface area contributed by atoms with Gasteiger partial charge in [0.2, 0.25) is 0 Å². The fourth-order valence-electron chi connectivity index (χ4n) is 11.5. The third kappa shape index (κ3) is 7.72. The van der Waals surface area contributed by atoms with E-state index in [0.717, 1.165) is 19.3 Å². The second-order valence-electron chi connectivity index (χ2n) is 24.3. The molecule has 0 saturated carbocycles. The molecular formula is C67H68N2. The molecule has 0 atom stereocenters. The number of hydrogen-bond acceptors (Lipinski definition) is 2. The van der Waals surface area contributed by atoms with E-state index in [1.165, 1.54) is 123 Å². The van der Waals surface area contributed by atoms with Crippen LogP contribution in [0.1, 0.15) is 139 Å². The molecule has 2 heteroatoms. The molecule has 0 aromatic heterocycles. The summed E-state index contributed by atoms with van der Waals surface area (Å²) in [6.45, 7) is 27.6. The van der Waals surface area contributed by atoms with Crippen LogP contribution in [0.5, 0.6) is 0 Å². The molecule has 8 aromatic rings. The molecule has 0 fully saturated rings. The van der Waals surface area contributed by atoms with Crippen molar-refractivity contribution in [3.05, 3.63) is 213 Å². The molecular weight excluding hydrogens is 833 g/mol. The third-order valence-corrected chi connectivity index (χ3v) is 15.4.